The Kier molecular flexibility index (Phi) is 4.16. The second kappa shape index (κ2) is 6.11. The number of rotatable bonds is 5. The number of ether oxygens (including phenoxy) is 1. The maximum atomic E-state index is 9.88. The van der Waals surface area contributed by atoms with E-state index in [1.165, 1.54) is 0 Å². The fraction of sp³-hybridized carbons (Fsp3) is 0.375. The van der Waals surface area contributed by atoms with Gasteiger partial charge in [0.05, 0.1) is 30.3 Å². The molecule has 3 rings (SSSR count). The number of aryl methyl sites for hydroxylation is 1. The van der Waals surface area contributed by atoms with Crippen molar-refractivity contribution in [1.82, 2.24) is 14.5 Å². The number of aromatic nitrogens is 3. The van der Waals surface area contributed by atoms with E-state index in [1.807, 2.05) is 29.7 Å². The number of nitrogens with zero attached hydrogens (tertiary/aromatic N) is 3. The van der Waals surface area contributed by atoms with Crippen LogP contribution in [0.1, 0.15) is 11.4 Å². The van der Waals surface area contributed by atoms with Crippen molar-refractivity contribution in [3.63, 3.8) is 0 Å². The average Bonchev–Trinajstić information content (AvgIpc) is 2.87. The van der Waals surface area contributed by atoms with Crippen LogP contribution in [0.5, 0.6) is 0 Å². The van der Waals surface area contributed by atoms with Crippen LogP contribution in [0.2, 0.25) is 0 Å². The molecule has 0 fully saturated rings. The van der Waals surface area contributed by atoms with Crippen molar-refractivity contribution in [3.05, 3.63) is 29.6 Å². The summed E-state index contributed by atoms with van der Waals surface area (Å²) in [7, 11) is 1.58. The summed E-state index contributed by atoms with van der Waals surface area (Å²) in [5.74, 6) is 0.976. The molecule has 0 radical (unpaired) electrons. The summed E-state index contributed by atoms with van der Waals surface area (Å²) in [6, 6.07) is 5.93. The molecular formula is C16H20N4O3. The number of hydrogen-bond acceptors (Lipinski definition) is 6. The van der Waals surface area contributed by atoms with Crippen LogP contribution in [0.15, 0.2) is 18.2 Å². The maximum Gasteiger partial charge on any atom is 0.152 e. The predicted octanol–water partition coefficient (Wildman–Crippen LogP) is 0.975. The van der Waals surface area contributed by atoms with E-state index < -0.39 is 6.10 Å². The van der Waals surface area contributed by atoms with Gasteiger partial charge in [0, 0.05) is 12.5 Å². The molecule has 1 unspecified atom stereocenters. The molecule has 0 spiro atoms. The van der Waals surface area contributed by atoms with Crippen LogP contribution in [0.3, 0.4) is 0 Å². The number of anilines is 1. The van der Waals surface area contributed by atoms with Gasteiger partial charge in [-0.2, -0.15) is 0 Å². The quantitative estimate of drug-likeness (QED) is 0.648. The topological polar surface area (TPSA) is 106 Å². The van der Waals surface area contributed by atoms with Gasteiger partial charge in [0.25, 0.3) is 0 Å². The second-order valence-corrected chi connectivity index (χ2v) is 5.62. The van der Waals surface area contributed by atoms with Gasteiger partial charge in [-0.1, -0.05) is 12.1 Å². The number of aliphatic hydroxyl groups excluding tert-OH is 2. The normalized spacial score (nSPS) is 13.0. The average molecular weight is 316 g/mol. The highest BCUT2D eigenvalue weighted by Gasteiger charge is 2.19. The molecule has 0 amide bonds. The molecule has 0 aliphatic heterocycles. The van der Waals surface area contributed by atoms with E-state index in [-0.39, 0.29) is 19.8 Å². The minimum absolute atomic E-state index is 0.206. The van der Waals surface area contributed by atoms with Gasteiger partial charge in [-0.3, -0.25) is 0 Å². The Morgan fingerprint density at radius 3 is 2.83 bits per heavy atom. The summed E-state index contributed by atoms with van der Waals surface area (Å²) in [6.45, 7) is 2.14. The summed E-state index contributed by atoms with van der Waals surface area (Å²) in [5.41, 5.74) is 9.32. The van der Waals surface area contributed by atoms with Crippen LogP contribution in [0, 0.1) is 6.92 Å². The molecule has 1 aromatic carbocycles. The Bertz CT molecular complexity index is 860. The molecule has 0 aliphatic rings. The monoisotopic (exact) mass is 316 g/mol. The third-order valence-electron chi connectivity index (χ3n) is 3.82. The minimum Gasteiger partial charge on any atom is -0.394 e. The molecule has 7 heteroatoms. The molecule has 2 aromatic heterocycles. The Labute approximate surface area is 133 Å². The van der Waals surface area contributed by atoms with E-state index in [1.54, 1.807) is 7.11 Å². The second-order valence-electron chi connectivity index (χ2n) is 5.62. The summed E-state index contributed by atoms with van der Waals surface area (Å²) in [5, 5.41) is 20.0. The molecule has 1 atom stereocenters. The zero-order valence-electron chi connectivity index (χ0n) is 13.2. The molecule has 7 nitrogen and oxygen atoms in total. The van der Waals surface area contributed by atoms with Crippen molar-refractivity contribution in [2.75, 3.05) is 19.5 Å². The largest absolute Gasteiger partial charge is 0.394 e. The van der Waals surface area contributed by atoms with Crippen LogP contribution < -0.4 is 5.73 Å². The fourth-order valence-corrected chi connectivity index (χ4v) is 2.77. The third-order valence-corrected chi connectivity index (χ3v) is 3.82. The van der Waals surface area contributed by atoms with Crippen molar-refractivity contribution < 1.29 is 14.9 Å². The molecule has 2 heterocycles. The third kappa shape index (κ3) is 2.74. The van der Waals surface area contributed by atoms with Crippen LogP contribution in [-0.4, -0.2) is 44.6 Å². The Hall–Kier alpha value is -2.22. The molecule has 4 N–H and O–H groups in total. The van der Waals surface area contributed by atoms with Gasteiger partial charge in [0.15, 0.2) is 5.82 Å². The number of aliphatic hydroxyl groups is 2. The number of pyridine rings is 1. The van der Waals surface area contributed by atoms with Gasteiger partial charge in [0.2, 0.25) is 0 Å². The number of benzene rings is 1. The van der Waals surface area contributed by atoms with Gasteiger partial charge in [-0.25, -0.2) is 9.97 Å². The molecule has 0 aliphatic carbocycles. The highest BCUT2D eigenvalue weighted by molar-refractivity contribution is 6.06. The van der Waals surface area contributed by atoms with E-state index in [2.05, 4.69) is 9.97 Å². The minimum atomic E-state index is -0.891. The van der Waals surface area contributed by atoms with E-state index in [4.69, 9.17) is 10.5 Å². The van der Waals surface area contributed by atoms with Crippen LogP contribution in [0.4, 0.5) is 5.82 Å². The first kappa shape index (κ1) is 15.7. The first-order chi connectivity index (χ1) is 11.0. The molecular weight excluding hydrogens is 296 g/mol. The van der Waals surface area contributed by atoms with Gasteiger partial charge < -0.3 is 25.3 Å². The first-order valence-corrected chi connectivity index (χ1v) is 7.38. The van der Waals surface area contributed by atoms with Crippen molar-refractivity contribution in [2.45, 2.75) is 26.2 Å². The fourth-order valence-electron chi connectivity index (χ4n) is 2.77. The summed E-state index contributed by atoms with van der Waals surface area (Å²) < 4.78 is 7.04. The van der Waals surface area contributed by atoms with E-state index in [9.17, 15) is 10.2 Å². The van der Waals surface area contributed by atoms with Gasteiger partial charge in [-0.05, 0) is 18.6 Å². The molecule has 122 valence electrons. The number of methoxy groups -OCH3 is 1. The predicted molar refractivity (Wildman–Crippen MR) is 88.0 cm³/mol. The zero-order chi connectivity index (χ0) is 16.6. The Morgan fingerprint density at radius 1 is 1.35 bits per heavy atom. The number of hydrogen-bond donors (Lipinski definition) is 3. The summed E-state index contributed by atoms with van der Waals surface area (Å²) >= 11 is 0. The van der Waals surface area contributed by atoms with Gasteiger partial charge >= 0.3 is 0 Å². The molecule has 23 heavy (non-hydrogen) atoms. The lowest BCUT2D eigenvalue weighted by atomic mass is 10.1. The Morgan fingerprint density at radius 2 is 2.13 bits per heavy atom. The number of nitrogen functional groups attached to an aromatic ring is 1. The Balaban J connectivity index is 2.35. The lowest BCUT2D eigenvalue weighted by Crippen LogP contribution is -2.21. The van der Waals surface area contributed by atoms with E-state index in [0.717, 1.165) is 22.0 Å². The van der Waals surface area contributed by atoms with Crippen LogP contribution in [-0.2, 0) is 17.9 Å². The first-order valence-electron chi connectivity index (χ1n) is 7.38. The molecule has 3 aromatic rings. The highest BCUT2D eigenvalue weighted by Crippen LogP contribution is 2.29. The lowest BCUT2D eigenvalue weighted by molar-refractivity contribution is 0.0794. The van der Waals surface area contributed by atoms with Crippen molar-refractivity contribution >= 4 is 27.8 Å². The SMILES string of the molecule is COCc1nc2c(N)nc3cc(C)ccc3c2n1CC(O)CO. The maximum absolute atomic E-state index is 9.88. The van der Waals surface area contributed by atoms with Crippen LogP contribution in [0.25, 0.3) is 21.9 Å². The van der Waals surface area contributed by atoms with E-state index in [0.29, 0.717) is 17.2 Å². The smallest absolute Gasteiger partial charge is 0.152 e. The standard InChI is InChI=1S/C16H20N4O3/c1-9-3-4-11-12(5-9)18-16(17)14-15(11)20(6-10(22)7-21)13(19-14)8-23-2/h3-5,10,21-22H,6-8H2,1-2H3,(H2,17,18). The number of fused-ring (bicyclic) bond motifs is 3. The van der Waals surface area contributed by atoms with Gasteiger partial charge in [-0.15, -0.1) is 0 Å². The van der Waals surface area contributed by atoms with Crippen molar-refractivity contribution in [3.8, 4) is 0 Å². The highest BCUT2D eigenvalue weighted by atomic mass is 16.5. The zero-order valence-corrected chi connectivity index (χ0v) is 13.2. The van der Waals surface area contributed by atoms with Crippen LogP contribution >= 0.6 is 0 Å². The molecule has 0 saturated carbocycles. The number of nitrogens with two attached hydrogens (primary N) is 1. The van der Waals surface area contributed by atoms with Crippen molar-refractivity contribution in [1.29, 1.82) is 0 Å². The lowest BCUT2D eigenvalue weighted by Gasteiger charge is -2.13. The van der Waals surface area contributed by atoms with Gasteiger partial charge in [0.1, 0.15) is 17.9 Å². The van der Waals surface area contributed by atoms with Crippen molar-refractivity contribution in [2.24, 2.45) is 0 Å². The summed E-state index contributed by atoms with van der Waals surface area (Å²) in [4.78, 5) is 8.95. The summed E-state index contributed by atoms with van der Waals surface area (Å²) in [6.07, 6.45) is -0.891. The number of imidazole rings is 1. The molecule has 0 bridgehead atoms. The molecule has 0 saturated heterocycles. The van der Waals surface area contributed by atoms with E-state index >= 15 is 0 Å².